The summed E-state index contributed by atoms with van der Waals surface area (Å²) >= 11 is 3.76. The van der Waals surface area contributed by atoms with E-state index in [-0.39, 0.29) is 0 Å². The predicted molar refractivity (Wildman–Crippen MR) is 80.0 cm³/mol. The molecule has 0 spiro atoms. The van der Waals surface area contributed by atoms with Gasteiger partial charge in [-0.15, -0.1) is 6.58 Å². The number of nitrogens with zero attached hydrogens (tertiary/aromatic N) is 1. The quantitative estimate of drug-likeness (QED) is 0.759. The first-order chi connectivity index (χ1) is 8.81. The predicted octanol–water partition coefficient (Wildman–Crippen LogP) is 4.13. The lowest BCUT2D eigenvalue weighted by atomic mass is 9.79. The lowest BCUT2D eigenvalue weighted by Gasteiger charge is -2.34. The zero-order valence-electron chi connectivity index (χ0n) is 10.7. The summed E-state index contributed by atoms with van der Waals surface area (Å²) in [5.41, 5.74) is 3.16. The third kappa shape index (κ3) is 2.06. The van der Waals surface area contributed by atoms with Gasteiger partial charge in [0, 0.05) is 23.0 Å². The van der Waals surface area contributed by atoms with Crippen LogP contribution < -0.4 is 0 Å². The molecular formula is C16H20BrN. The van der Waals surface area contributed by atoms with Crippen LogP contribution >= 0.6 is 15.9 Å². The Bertz CT molecular complexity index is 454. The van der Waals surface area contributed by atoms with Gasteiger partial charge in [-0.05, 0) is 49.4 Å². The van der Waals surface area contributed by atoms with Crippen molar-refractivity contribution in [2.45, 2.75) is 37.6 Å². The first kappa shape index (κ1) is 12.4. The van der Waals surface area contributed by atoms with Crippen LogP contribution in [0.4, 0.5) is 0 Å². The van der Waals surface area contributed by atoms with Crippen molar-refractivity contribution in [3.63, 3.8) is 0 Å². The monoisotopic (exact) mass is 305 g/mol. The van der Waals surface area contributed by atoms with E-state index in [1.807, 2.05) is 6.08 Å². The molecule has 2 atom stereocenters. The Balaban J connectivity index is 1.86. The number of halogens is 1. The Morgan fingerprint density at radius 1 is 1.39 bits per heavy atom. The highest BCUT2D eigenvalue weighted by Gasteiger charge is 2.38. The second-order valence-electron chi connectivity index (χ2n) is 5.43. The fourth-order valence-corrected chi connectivity index (χ4v) is 4.39. The molecule has 1 fully saturated rings. The SMILES string of the molecule is C=CCCN1CC[C@H]2c3c(Br)cccc3CC[C@H]21. The molecule has 0 N–H and O–H groups in total. The van der Waals surface area contributed by atoms with Crippen molar-refractivity contribution in [2.75, 3.05) is 13.1 Å². The summed E-state index contributed by atoms with van der Waals surface area (Å²) in [7, 11) is 0. The molecular weight excluding hydrogens is 286 g/mol. The van der Waals surface area contributed by atoms with Gasteiger partial charge in [-0.3, -0.25) is 4.90 Å². The molecule has 0 saturated carbocycles. The van der Waals surface area contributed by atoms with Crippen molar-refractivity contribution in [3.8, 4) is 0 Å². The first-order valence-electron chi connectivity index (χ1n) is 6.93. The smallest absolute Gasteiger partial charge is 0.0213 e. The average Bonchev–Trinajstić information content (AvgIpc) is 2.79. The number of hydrogen-bond donors (Lipinski definition) is 0. The molecule has 0 aromatic heterocycles. The molecule has 1 aliphatic heterocycles. The van der Waals surface area contributed by atoms with Crippen molar-refractivity contribution in [1.82, 2.24) is 4.90 Å². The summed E-state index contributed by atoms with van der Waals surface area (Å²) < 4.78 is 1.32. The minimum Gasteiger partial charge on any atom is -0.299 e. The highest BCUT2D eigenvalue weighted by atomic mass is 79.9. The molecule has 0 amide bonds. The first-order valence-corrected chi connectivity index (χ1v) is 7.73. The number of rotatable bonds is 3. The van der Waals surface area contributed by atoms with E-state index in [1.54, 1.807) is 11.1 Å². The minimum absolute atomic E-state index is 0.745. The zero-order chi connectivity index (χ0) is 12.5. The van der Waals surface area contributed by atoms with Gasteiger partial charge in [0.1, 0.15) is 0 Å². The Morgan fingerprint density at radius 3 is 3.11 bits per heavy atom. The van der Waals surface area contributed by atoms with E-state index in [1.165, 1.54) is 36.8 Å². The summed E-state index contributed by atoms with van der Waals surface area (Å²) in [4.78, 5) is 2.68. The maximum Gasteiger partial charge on any atom is 0.0213 e. The van der Waals surface area contributed by atoms with E-state index in [2.05, 4.69) is 45.6 Å². The molecule has 1 nitrogen and oxygen atoms in total. The van der Waals surface area contributed by atoms with Crippen molar-refractivity contribution in [1.29, 1.82) is 0 Å². The highest BCUT2D eigenvalue weighted by molar-refractivity contribution is 9.10. The average molecular weight is 306 g/mol. The van der Waals surface area contributed by atoms with Gasteiger partial charge in [-0.25, -0.2) is 0 Å². The normalized spacial score (nSPS) is 26.7. The number of aryl methyl sites for hydroxylation is 1. The molecule has 0 radical (unpaired) electrons. The van der Waals surface area contributed by atoms with E-state index in [0.717, 1.165) is 18.4 Å². The highest BCUT2D eigenvalue weighted by Crippen LogP contribution is 2.44. The largest absolute Gasteiger partial charge is 0.299 e. The fraction of sp³-hybridized carbons (Fsp3) is 0.500. The van der Waals surface area contributed by atoms with Crippen LogP contribution in [0.5, 0.6) is 0 Å². The Hall–Kier alpha value is -0.600. The van der Waals surface area contributed by atoms with Crippen LogP contribution in [-0.2, 0) is 6.42 Å². The molecule has 1 aliphatic carbocycles. The molecule has 0 unspecified atom stereocenters. The van der Waals surface area contributed by atoms with Crippen LogP contribution in [0.3, 0.4) is 0 Å². The molecule has 1 aromatic rings. The van der Waals surface area contributed by atoms with Crippen LogP contribution in [0.2, 0.25) is 0 Å². The van der Waals surface area contributed by atoms with Gasteiger partial charge in [0.05, 0.1) is 0 Å². The molecule has 1 saturated heterocycles. The Morgan fingerprint density at radius 2 is 2.28 bits per heavy atom. The van der Waals surface area contributed by atoms with Crippen LogP contribution in [-0.4, -0.2) is 24.0 Å². The molecule has 1 aromatic carbocycles. The second kappa shape index (κ2) is 5.18. The third-order valence-electron chi connectivity index (χ3n) is 4.50. The van der Waals surface area contributed by atoms with Gasteiger partial charge >= 0.3 is 0 Å². The maximum absolute atomic E-state index is 3.84. The Labute approximate surface area is 118 Å². The van der Waals surface area contributed by atoms with Gasteiger partial charge in [-0.2, -0.15) is 0 Å². The summed E-state index contributed by atoms with van der Waals surface area (Å²) in [5.74, 6) is 0.745. The van der Waals surface area contributed by atoms with E-state index in [4.69, 9.17) is 0 Å². The molecule has 96 valence electrons. The third-order valence-corrected chi connectivity index (χ3v) is 5.20. The van der Waals surface area contributed by atoms with Crippen molar-refractivity contribution in [3.05, 3.63) is 46.5 Å². The number of fused-ring (bicyclic) bond motifs is 3. The number of benzene rings is 1. The fourth-order valence-electron chi connectivity index (χ4n) is 3.69. The van der Waals surface area contributed by atoms with Gasteiger partial charge in [0.25, 0.3) is 0 Å². The van der Waals surface area contributed by atoms with Crippen LogP contribution in [0.25, 0.3) is 0 Å². The van der Waals surface area contributed by atoms with Crippen molar-refractivity contribution < 1.29 is 0 Å². The summed E-state index contributed by atoms with van der Waals surface area (Å²) in [5, 5.41) is 0. The maximum atomic E-state index is 3.84. The minimum atomic E-state index is 0.745. The standard InChI is InChI=1S/C16H20BrN/c1-2-3-10-18-11-9-13-15(18)8-7-12-5-4-6-14(17)16(12)13/h2,4-6,13,15H,1,3,7-11H2/t13-,15-/m1/s1. The molecule has 18 heavy (non-hydrogen) atoms. The number of hydrogen-bond acceptors (Lipinski definition) is 1. The van der Waals surface area contributed by atoms with Gasteiger partial charge in [0.2, 0.25) is 0 Å². The molecule has 3 rings (SSSR count). The molecule has 0 bridgehead atoms. The van der Waals surface area contributed by atoms with E-state index in [0.29, 0.717) is 0 Å². The summed E-state index contributed by atoms with van der Waals surface area (Å²) in [6, 6.07) is 7.44. The van der Waals surface area contributed by atoms with Crippen LogP contribution in [0.1, 0.15) is 36.3 Å². The Kier molecular flexibility index (Phi) is 3.58. The number of likely N-dealkylation sites (tertiary alicyclic amines) is 1. The summed E-state index contributed by atoms with van der Waals surface area (Å²) in [6.07, 6.45) is 7.04. The second-order valence-corrected chi connectivity index (χ2v) is 6.28. The van der Waals surface area contributed by atoms with E-state index >= 15 is 0 Å². The lowest BCUT2D eigenvalue weighted by molar-refractivity contribution is 0.231. The van der Waals surface area contributed by atoms with Crippen LogP contribution in [0.15, 0.2) is 35.3 Å². The molecule has 1 heterocycles. The van der Waals surface area contributed by atoms with Gasteiger partial charge < -0.3 is 0 Å². The van der Waals surface area contributed by atoms with E-state index < -0.39 is 0 Å². The lowest BCUT2D eigenvalue weighted by Crippen LogP contribution is -2.35. The topological polar surface area (TPSA) is 3.24 Å². The molecule has 2 heteroatoms. The van der Waals surface area contributed by atoms with Gasteiger partial charge in [0.15, 0.2) is 0 Å². The van der Waals surface area contributed by atoms with Crippen LogP contribution in [0, 0.1) is 0 Å². The van der Waals surface area contributed by atoms with E-state index in [9.17, 15) is 0 Å². The van der Waals surface area contributed by atoms with Gasteiger partial charge in [-0.1, -0.05) is 34.1 Å². The zero-order valence-corrected chi connectivity index (χ0v) is 12.3. The summed E-state index contributed by atoms with van der Waals surface area (Å²) in [6.45, 7) is 6.28. The van der Waals surface area contributed by atoms with Crippen molar-refractivity contribution in [2.24, 2.45) is 0 Å². The molecule has 2 aliphatic rings. The van der Waals surface area contributed by atoms with Crippen molar-refractivity contribution >= 4 is 15.9 Å².